The Morgan fingerprint density at radius 2 is 1.68 bits per heavy atom. The molecule has 2 aliphatic carbocycles. The molecule has 7 nitrogen and oxygen atoms in total. The summed E-state index contributed by atoms with van der Waals surface area (Å²) < 4.78 is 6.32. The van der Waals surface area contributed by atoms with Crippen LogP contribution in [0.5, 0.6) is 0 Å². The topological polar surface area (TPSA) is 87.7 Å². The predicted molar refractivity (Wildman–Crippen MR) is 115 cm³/mol. The van der Waals surface area contributed by atoms with Crippen LogP contribution < -0.4 is 10.6 Å². The number of carbonyl (C=O) groups is 3. The molecular formula is C24H33N3O4. The molecule has 5 aliphatic rings. The number of hydrogen-bond acceptors (Lipinski definition) is 4. The Balaban J connectivity index is 1.41. The summed E-state index contributed by atoms with van der Waals surface area (Å²) in [5.41, 5.74) is -1.07. The van der Waals surface area contributed by atoms with Crippen molar-refractivity contribution < 1.29 is 19.1 Å². The van der Waals surface area contributed by atoms with Crippen LogP contribution in [-0.4, -0.2) is 59.0 Å². The first-order valence-electron chi connectivity index (χ1n) is 11.9. The maximum atomic E-state index is 13.5. The van der Waals surface area contributed by atoms with Crippen molar-refractivity contribution in [3.63, 3.8) is 0 Å². The summed E-state index contributed by atoms with van der Waals surface area (Å²) in [6.07, 6.45) is 14.5. The highest BCUT2D eigenvalue weighted by atomic mass is 16.5. The highest BCUT2D eigenvalue weighted by Gasteiger charge is 2.72. The van der Waals surface area contributed by atoms with Crippen molar-refractivity contribution in [3.8, 4) is 0 Å². The SMILES string of the molecule is C=CCN1C(=O)[C@@H]2[C@H](C(=O)NC3CCCC3)[C@H]3C=C[C@@]2(O3)[C@@H]1C(=O)NC1CCCCC1. The van der Waals surface area contributed by atoms with E-state index in [0.717, 1.165) is 51.4 Å². The molecule has 168 valence electrons. The van der Waals surface area contributed by atoms with Gasteiger partial charge in [0.05, 0.1) is 17.9 Å². The molecule has 2 bridgehead atoms. The molecule has 2 saturated carbocycles. The molecule has 5 rings (SSSR count). The first-order valence-corrected chi connectivity index (χ1v) is 11.9. The van der Waals surface area contributed by atoms with E-state index in [2.05, 4.69) is 17.2 Å². The van der Waals surface area contributed by atoms with Crippen molar-refractivity contribution in [2.45, 2.75) is 87.6 Å². The molecule has 7 heteroatoms. The summed E-state index contributed by atoms with van der Waals surface area (Å²) in [6, 6.07) is -0.449. The predicted octanol–water partition coefficient (Wildman–Crippen LogP) is 1.83. The lowest BCUT2D eigenvalue weighted by atomic mass is 9.74. The number of carbonyl (C=O) groups excluding carboxylic acids is 3. The molecule has 3 aliphatic heterocycles. The summed E-state index contributed by atoms with van der Waals surface area (Å²) in [7, 11) is 0. The lowest BCUT2D eigenvalue weighted by Gasteiger charge is -2.33. The van der Waals surface area contributed by atoms with Crippen LogP contribution in [-0.2, 0) is 19.1 Å². The van der Waals surface area contributed by atoms with Gasteiger partial charge < -0.3 is 20.3 Å². The van der Waals surface area contributed by atoms with Crippen LogP contribution in [0.1, 0.15) is 57.8 Å². The minimum absolute atomic E-state index is 0.117. The van der Waals surface area contributed by atoms with Crippen molar-refractivity contribution in [2.75, 3.05) is 6.54 Å². The summed E-state index contributed by atoms with van der Waals surface area (Å²) in [4.78, 5) is 41.8. The summed E-state index contributed by atoms with van der Waals surface area (Å²) in [6.45, 7) is 4.04. The summed E-state index contributed by atoms with van der Waals surface area (Å²) in [5.74, 6) is -1.72. The maximum absolute atomic E-state index is 13.5. The Labute approximate surface area is 183 Å². The molecule has 1 spiro atoms. The van der Waals surface area contributed by atoms with Crippen LogP contribution in [0.3, 0.4) is 0 Å². The molecule has 0 aromatic rings. The third-order valence-electron chi connectivity index (χ3n) is 7.90. The van der Waals surface area contributed by atoms with Gasteiger partial charge in [-0.25, -0.2) is 0 Å². The number of amides is 3. The Morgan fingerprint density at radius 1 is 1.06 bits per heavy atom. The van der Waals surface area contributed by atoms with E-state index in [4.69, 9.17) is 4.74 Å². The van der Waals surface area contributed by atoms with Gasteiger partial charge in [0, 0.05) is 18.6 Å². The zero-order valence-corrected chi connectivity index (χ0v) is 18.1. The van der Waals surface area contributed by atoms with Gasteiger partial charge in [0.15, 0.2) is 0 Å². The monoisotopic (exact) mass is 427 g/mol. The fourth-order valence-electron chi connectivity index (χ4n) is 6.50. The minimum Gasteiger partial charge on any atom is -0.359 e. The smallest absolute Gasteiger partial charge is 0.246 e. The van der Waals surface area contributed by atoms with Gasteiger partial charge in [0.25, 0.3) is 0 Å². The number of ether oxygens (including phenoxy) is 1. The molecule has 0 aromatic heterocycles. The molecule has 0 radical (unpaired) electrons. The van der Waals surface area contributed by atoms with Crippen LogP contribution in [0.4, 0.5) is 0 Å². The second-order valence-corrected chi connectivity index (χ2v) is 9.81. The van der Waals surface area contributed by atoms with Gasteiger partial charge in [-0.15, -0.1) is 6.58 Å². The lowest BCUT2D eigenvalue weighted by Crippen LogP contribution is -2.56. The van der Waals surface area contributed by atoms with Gasteiger partial charge in [0.1, 0.15) is 11.6 Å². The number of fused-ring (bicyclic) bond motifs is 1. The highest BCUT2D eigenvalue weighted by Crippen LogP contribution is 2.55. The molecule has 5 atom stereocenters. The van der Waals surface area contributed by atoms with Crippen LogP contribution in [0, 0.1) is 11.8 Å². The van der Waals surface area contributed by atoms with Crippen molar-refractivity contribution in [3.05, 3.63) is 24.8 Å². The molecular weight excluding hydrogens is 394 g/mol. The molecule has 2 N–H and O–H groups in total. The van der Waals surface area contributed by atoms with Gasteiger partial charge in [-0.2, -0.15) is 0 Å². The molecule has 31 heavy (non-hydrogen) atoms. The standard InChI is InChI=1S/C24H33N3O4/c1-2-14-27-20(22(29)26-16-8-4-3-5-9-16)24-13-12-17(31-24)18(19(24)23(27)30)21(28)25-15-10-6-7-11-15/h2,12-13,15-20H,1,3-11,14H2,(H,25,28)(H,26,29)/t17-,18-,19+,20+,24+/m1/s1. The Morgan fingerprint density at radius 3 is 2.32 bits per heavy atom. The van der Waals surface area contributed by atoms with E-state index in [-0.39, 0.29) is 36.3 Å². The van der Waals surface area contributed by atoms with Gasteiger partial charge in [-0.1, -0.05) is 50.3 Å². The van der Waals surface area contributed by atoms with Crippen molar-refractivity contribution in [1.82, 2.24) is 15.5 Å². The fourth-order valence-corrected chi connectivity index (χ4v) is 6.50. The minimum atomic E-state index is -1.07. The third-order valence-corrected chi connectivity index (χ3v) is 7.90. The first-order chi connectivity index (χ1) is 15.0. The summed E-state index contributed by atoms with van der Waals surface area (Å²) >= 11 is 0. The van der Waals surface area contributed by atoms with Gasteiger partial charge >= 0.3 is 0 Å². The number of nitrogens with one attached hydrogen (secondary N) is 2. The number of rotatable bonds is 6. The molecule has 4 fully saturated rings. The molecule has 0 unspecified atom stereocenters. The molecule has 0 aromatic carbocycles. The fraction of sp³-hybridized carbons (Fsp3) is 0.708. The first kappa shape index (κ1) is 20.7. The molecule has 2 saturated heterocycles. The van der Waals surface area contributed by atoms with E-state index in [1.165, 1.54) is 6.42 Å². The van der Waals surface area contributed by atoms with Crippen molar-refractivity contribution in [2.24, 2.45) is 11.8 Å². The van der Waals surface area contributed by atoms with E-state index < -0.39 is 29.6 Å². The highest BCUT2D eigenvalue weighted by molar-refractivity contribution is 6.00. The number of likely N-dealkylation sites (tertiary alicyclic amines) is 1. The van der Waals surface area contributed by atoms with E-state index in [9.17, 15) is 14.4 Å². The maximum Gasteiger partial charge on any atom is 0.246 e. The Bertz CT molecular complexity index is 799. The van der Waals surface area contributed by atoms with Crippen LogP contribution in [0.2, 0.25) is 0 Å². The lowest BCUT2D eigenvalue weighted by molar-refractivity contribution is -0.141. The molecule has 3 heterocycles. The normalized spacial score (nSPS) is 37.3. The zero-order valence-electron chi connectivity index (χ0n) is 18.1. The van der Waals surface area contributed by atoms with E-state index in [1.807, 2.05) is 12.2 Å². The van der Waals surface area contributed by atoms with Gasteiger partial charge in [-0.3, -0.25) is 14.4 Å². The van der Waals surface area contributed by atoms with E-state index in [1.54, 1.807) is 11.0 Å². The Hall–Kier alpha value is -2.15. The second-order valence-electron chi connectivity index (χ2n) is 9.81. The molecule has 3 amide bonds. The van der Waals surface area contributed by atoms with E-state index >= 15 is 0 Å². The van der Waals surface area contributed by atoms with E-state index in [0.29, 0.717) is 0 Å². The van der Waals surface area contributed by atoms with Crippen molar-refractivity contribution in [1.29, 1.82) is 0 Å². The summed E-state index contributed by atoms with van der Waals surface area (Å²) in [5, 5.41) is 6.33. The largest absolute Gasteiger partial charge is 0.359 e. The Kier molecular flexibility index (Phi) is 5.40. The third kappa shape index (κ3) is 3.32. The quantitative estimate of drug-likeness (QED) is 0.633. The van der Waals surface area contributed by atoms with Crippen molar-refractivity contribution >= 4 is 17.7 Å². The second kappa shape index (κ2) is 8.08. The number of hydrogen-bond donors (Lipinski definition) is 2. The van der Waals surface area contributed by atoms with Crippen LogP contribution in [0.15, 0.2) is 24.8 Å². The average molecular weight is 428 g/mol. The zero-order chi connectivity index (χ0) is 21.6. The average Bonchev–Trinajstić information content (AvgIpc) is 3.52. The van der Waals surface area contributed by atoms with Crippen LogP contribution >= 0.6 is 0 Å². The van der Waals surface area contributed by atoms with Crippen LogP contribution in [0.25, 0.3) is 0 Å². The van der Waals surface area contributed by atoms with Gasteiger partial charge in [-0.05, 0) is 25.7 Å². The van der Waals surface area contributed by atoms with Gasteiger partial charge in [0.2, 0.25) is 17.7 Å². The number of nitrogens with zero attached hydrogens (tertiary/aromatic N) is 1.